The van der Waals surface area contributed by atoms with Crippen molar-refractivity contribution in [1.29, 1.82) is 0 Å². The zero-order valence-electron chi connectivity index (χ0n) is 12.4. The Morgan fingerprint density at radius 2 is 1.57 bits per heavy atom. The number of sulfone groups is 1. The van der Waals surface area contributed by atoms with Crippen LogP contribution in [0.3, 0.4) is 0 Å². The zero-order valence-corrected chi connectivity index (χ0v) is 14.0. The lowest BCUT2D eigenvalue weighted by atomic mass is 10.3. The lowest BCUT2D eigenvalue weighted by molar-refractivity contribution is 0.594. The van der Waals surface area contributed by atoms with Crippen LogP contribution in [0.5, 0.6) is 0 Å². The van der Waals surface area contributed by atoms with Crippen LogP contribution in [0.15, 0.2) is 75.5 Å². The van der Waals surface area contributed by atoms with Crippen LogP contribution in [-0.4, -0.2) is 24.5 Å². The van der Waals surface area contributed by atoms with E-state index in [2.05, 4.69) is 5.10 Å². The van der Waals surface area contributed by atoms with E-state index in [4.69, 9.17) is 5.73 Å². The fourth-order valence-corrected chi connectivity index (χ4v) is 4.68. The largest absolute Gasteiger partial charge is 0.382 e. The van der Waals surface area contributed by atoms with Crippen molar-refractivity contribution in [2.24, 2.45) is 0 Å². The normalized spacial score (nSPS) is 11.5. The molecule has 23 heavy (non-hydrogen) atoms. The molecule has 1 heterocycles. The number of nitrogens with two attached hydrogens (primary N) is 1. The summed E-state index contributed by atoms with van der Waals surface area (Å²) >= 11 is 1.26. The van der Waals surface area contributed by atoms with Gasteiger partial charge in [0.2, 0.25) is 9.84 Å². The number of hydrogen-bond donors (Lipinski definition) is 1. The van der Waals surface area contributed by atoms with Gasteiger partial charge in [-0.05, 0) is 30.5 Å². The molecule has 0 bridgehead atoms. The van der Waals surface area contributed by atoms with E-state index in [1.165, 1.54) is 16.4 Å². The summed E-state index contributed by atoms with van der Waals surface area (Å²) in [6.45, 7) is 0. The van der Waals surface area contributed by atoms with Gasteiger partial charge in [-0.15, -0.1) is 11.8 Å². The van der Waals surface area contributed by atoms with Crippen LogP contribution < -0.4 is 5.73 Å². The minimum absolute atomic E-state index is 0.0556. The average molecular weight is 345 g/mol. The summed E-state index contributed by atoms with van der Waals surface area (Å²) in [5.41, 5.74) is 6.86. The van der Waals surface area contributed by atoms with Gasteiger partial charge in [0, 0.05) is 0 Å². The van der Waals surface area contributed by atoms with Gasteiger partial charge in [-0.1, -0.05) is 36.4 Å². The summed E-state index contributed by atoms with van der Waals surface area (Å²) in [5.74, 6) is 0.115. The number of thioether (sulfide) groups is 1. The molecule has 2 aromatic carbocycles. The lowest BCUT2D eigenvalue weighted by Gasteiger charge is -2.06. The van der Waals surface area contributed by atoms with Crippen molar-refractivity contribution in [3.05, 3.63) is 60.7 Å². The first-order valence-corrected chi connectivity index (χ1v) is 9.54. The van der Waals surface area contributed by atoms with Gasteiger partial charge in [-0.3, -0.25) is 0 Å². The maximum atomic E-state index is 12.9. The van der Waals surface area contributed by atoms with Gasteiger partial charge >= 0.3 is 0 Å². The van der Waals surface area contributed by atoms with Gasteiger partial charge < -0.3 is 5.73 Å². The maximum Gasteiger partial charge on any atom is 0.212 e. The smallest absolute Gasteiger partial charge is 0.212 e. The van der Waals surface area contributed by atoms with Gasteiger partial charge in [0.05, 0.1) is 10.6 Å². The Kier molecular flexibility index (Phi) is 4.14. The van der Waals surface area contributed by atoms with E-state index >= 15 is 0 Å². The number of nitrogen functional groups attached to an aromatic ring is 1. The second kappa shape index (κ2) is 6.10. The average Bonchev–Trinajstić information content (AvgIpc) is 2.94. The van der Waals surface area contributed by atoms with Gasteiger partial charge in [0.1, 0.15) is 15.7 Å². The fraction of sp³-hybridized carbons (Fsp3) is 0.0625. The molecule has 5 nitrogen and oxygen atoms in total. The van der Waals surface area contributed by atoms with Crippen molar-refractivity contribution in [1.82, 2.24) is 9.78 Å². The monoisotopic (exact) mass is 345 g/mol. The number of nitrogens with zero attached hydrogens (tertiary/aromatic N) is 2. The molecule has 0 aliphatic carbocycles. The fourth-order valence-electron chi connectivity index (χ4n) is 2.27. The molecule has 0 fully saturated rings. The molecule has 7 heteroatoms. The first kappa shape index (κ1) is 15.6. The predicted molar refractivity (Wildman–Crippen MR) is 91.7 cm³/mol. The van der Waals surface area contributed by atoms with Crippen molar-refractivity contribution in [3.63, 3.8) is 0 Å². The molecule has 0 unspecified atom stereocenters. The summed E-state index contributed by atoms with van der Waals surface area (Å²) in [6.07, 6.45) is 1.78. The summed E-state index contributed by atoms with van der Waals surface area (Å²) in [5, 5.41) is 4.75. The molecule has 0 spiro atoms. The van der Waals surface area contributed by atoms with Crippen LogP contribution in [-0.2, 0) is 9.84 Å². The van der Waals surface area contributed by atoms with Crippen LogP contribution in [0, 0.1) is 0 Å². The number of para-hydroxylation sites is 1. The quantitative estimate of drug-likeness (QED) is 0.736. The van der Waals surface area contributed by atoms with Crippen molar-refractivity contribution >= 4 is 27.4 Å². The molecule has 0 radical (unpaired) electrons. The number of hydrogen-bond acceptors (Lipinski definition) is 5. The lowest BCUT2D eigenvalue weighted by Crippen LogP contribution is -2.07. The molecule has 0 amide bonds. The molecular formula is C16H15N3O2S2. The van der Waals surface area contributed by atoms with Crippen molar-refractivity contribution < 1.29 is 8.42 Å². The van der Waals surface area contributed by atoms with Crippen LogP contribution in [0.25, 0.3) is 5.69 Å². The van der Waals surface area contributed by atoms with E-state index in [0.29, 0.717) is 5.03 Å². The van der Waals surface area contributed by atoms with E-state index in [1.54, 1.807) is 36.6 Å². The molecule has 3 aromatic rings. The first-order valence-electron chi connectivity index (χ1n) is 6.83. The Morgan fingerprint density at radius 1 is 1.00 bits per heavy atom. The topological polar surface area (TPSA) is 78.0 Å². The Morgan fingerprint density at radius 3 is 2.13 bits per heavy atom. The Balaban J connectivity index is 2.23. The molecule has 1 aromatic heterocycles. The second-order valence-corrected chi connectivity index (χ2v) is 7.47. The molecule has 2 N–H and O–H groups in total. The standard InChI is InChI=1S/C16H15N3O2S2/c1-22-16-14(23(20,21)13-10-6-3-7-11-13)15(17)19(18-16)12-8-4-2-5-9-12/h2-11H,17H2,1H3. The summed E-state index contributed by atoms with van der Waals surface area (Å²) in [7, 11) is -3.73. The second-order valence-electron chi connectivity index (χ2n) is 4.79. The summed E-state index contributed by atoms with van der Waals surface area (Å²) in [6, 6.07) is 17.5. The third-order valence-corrected chi connectivity index (χ3v) is 6.00. The minimum atomic E-state index is -3.73. The number of anilines is 1. The van der Waals surface area contributed by atoms with E-state index in [1.807, 2.05) is 30.3 Å². The van der Waals surface area contributed by atoms with Crippen LogP contribution >= 0.6 is 11.8 Å². The van der Waals surface area contributed by atoms with Crippen LogP contribution in [0.2, 0.25) is 0 Å². The molecule has 118 valence electrons. The van der Waals surface area contributed by atoms with Crippen molar-refractivity contribution in [2.45, 2.75) is 14.8 Å². The Bertz CT molecular complexity index is 921. The highest BCUT2D eigenvalue weighted by Gasteiger charge is 2.29. The molecule has 0 saturated carbocycles. The zero-order chi connectivity index (χ0) is 16.4. The molecule has 0 saturated heterocycles. The van der Waals surface area contributed by atoms with E-state index < -0.39 is 9.84 Å². The number of benzene rings is 2. The number of aromatic nitrogens is 2. The molecule has 0 aliphatic heterocycles. The highest BCUT2D eigenvalue weighted by molar-refractivity contribution is 7.99. The van der Waals surface area contributed by atoms with Crippen molar-refractivity contribution in [3.8, 4) is 5.69 Å². The van der Waals surface area contributed by atoms with Gasteiger partial charge in [-0.25, -0.2) is 13.1 Å². The molecule has 0 atom stereocenters. The third-order valence-electron chi connectivity index (χ3n) is 3.36. The highest BCUT2D eigenvalue weighted by atomic mass is 32.2. The molecule has 0 aliphatic rings. The van der Waals surface area contributed by atoms with Crippen LogP contribution in [0.4, 0.5) is 5.82 Å². The van der Waals surface area contributed by atoms with E-state index in [-0.39, 0.29) is 15.6 Å². The van der Waals surface area contributed by atoms with E-state index in [0.717, 1.165) is 5.69 Å². The molecule has 3 rings (SSSR count). The SMILES string of the molecule is CSc1nn(-c2ccccc2)c(N)c1S(=O)(=O)c1ccccc1. The highest BCUT2D eigenvalue weighted by Crippen LogP contribution is 2.35. The molecular weight excluding hydrogens is 330 g/mol. The summed E-state index contributed by atoms with van der Waals surface area (Å²) < 4.78 is 27.3. The third kappa shape index (κ3) is 2.73. The van der Waals surface area contributed by atoms with Gasteiger partial charge in [0.25, 0.3) is 0 Å². The van der Waals surface area contributed by atoms with Crippen molar-refractivity contribution in [2.75, 3.05) is 12.0 Å². The van der Waals surface area contributed by atoms with E-state index in [9.17, 15) is 8.42 Å². The van der Waals surface area contributed by atoms with Gasteiger partial charge in [0.15, 0.2) is 0 Å². The number of rotatable bonds is 4. The summed E-state index contributed by atoms with van der Waals surface area (Å²) in [4.78, 5) is 0.259. The first-order chi connectivity index (χ1) is 11.1. The Hall–Kier alpha value is -2.25. The maximum absolute atomic E-state index is 12.9. The van der Waals surface area contributed by atoms with Gasteiger partial charge in [-0.2, -0.15) is 5.10 Å². The van der Waals surface area contributed by atoms with Crippen LogP contribution in [0.1, 0.15) is 0 Å². The Labute approximate surface area is 139 Å². The minimum Gasteiger partial charge on any atom is -0.382 e. The predicted octanol–water partition coefficient (Wildman–Crippen LogP) is 3.01.